The van der Waals surface area contributed by atoms with Crippen molar-refractivity contribution in [2.45, 2.75) is 6.54 Å². The fraction of sp³-hybridized carbons (Fsp3) is 0.188. The number of carbonyl (C=O) groups excluding carboxylic acids is 1. The maximum absolute atomic E-state index is 12.2. The molecule has 0 bridgehead atoms. The molecule has 2 aromatic carbocycles. The summed E-state index contributed by atoms with van der Waals surface area (Å²) >= 11 is 11.8. The molecule has 0 aliphatic heterocycles. The number of halogens is 2. The molecule has 0 saturated carbocycles. The Morgan fingerprint density at radius 1 is 1.09 bits per heavy atom. The highest BCUT2D eigenvalue weighted by atomic mass is 35.5. The Bertz CT molecular complexity index is 669. The van der Waals surface area contributed by atoms with Gasteiger partial charge in [0.05, 0.1) is 14.2 Å². The number of para-hydroxylation sites is 1. The molecule has 0 aliphatic carbocycles. The third-order valence-electron chi connectivity index (χ3n) is 3.05. The summed E-state index contributed by atoms with van der Waals surface area (Å²) in [5.74, 6) is 0.934. The highest BCUT2D eigenvalue weighted by Crippen LogP contribution is 2.30. The number of amides is 1. The molecule has 0 saturated heterocycles. The van der Waals surface area contributed by atoms with Gasteiger partial charge in [-0.05, 0) is 24.3 Å². The van der Waals surface area contributed by atoms with Crippen LogP contribution in [0.2, 0.25) is 10.0 Å². The maximum atomic E-state index is 12.2. The van der Waals surface area contributed by atoms with E-state index in [1.165, 1.54) is 0 Å². The summed E-state index contributed by atoms with van der Waals surface area (Å²) in [7, 11) is 3.12. The van der Waals surface area contributed by atoms with E-state index in [-0.39, 0.29) is 5.91 Å². The van der Waals surface area contributed by atoms with Gasteiger partial charge < -0.3 is 14.8 Å². The number of rotatable bonds is 5. The van der Waals surface area contributed by atoms with E-state index >= 15 is 0 Å². The summed E-state index contributed by atoms with van der Waals surface area (Å²) in [6, 6.07) is 10.2. The van der Waals surface area contributed by atoms with Gasteiger partial charge in [-0.15, -0.1) is 0 Å². The largest absolute Gasteiger partial charge is 0.493 e. The fourth-order valence-electron chi connectivity index (χ4n) is 2.06. The van der Waals surface area contributed by atoms with Gasteiger partial charge >= 0.3 is 0 Å². The zero-order chi connectivity index (χ0) is 16.1. The van der Waals surface area contributed by atoms with Crippen molar-refractivity contribution in [3.63, 3.8) is 0 Å². The lowest BCUT2D eigenvalue weighted by molar-refractivity contribution is 0.0950. The van der Waals surface area contributed by atoms with Crippen LogP contribution in [0.25, 0.3) is 0 Å². The standard InChI is InChI=1S/C16H15Cl2NO3/c1-21-14-5-3-4-10(15(14)22-2)9-19-16(20)11-6-12(17)8-13(18)7-11/h3-8H,9H2,1-2H3,(H,19,20). The summed E-state index contributed by atoms with van der Waals surface area (Å²) in [4.78, 5) is 12.2. The molecule has 0 radical (unpaired) electrons. The smallest absolute Gasteiger partial charge is 0.251 e. The summed E-state index contributed by atoms with van der Waals surface area (Å²) < 4.78 is 10.6. The Kier molecular flexibility index (Phi) is 5.52. The average molecular weight is 340 g/mol. The van der Waals surface area contributed by atoms with Gasteiger partial charge in [-0.3, -0.25) is 4.79 Å². The van der Waals surface area contributed by atoms with Crippen LogP contribution in [0.5, 0.6) is 11.5 Å². The van der Waals surface area contributed by atoms with Crippen molar-refractivity contribution < 1.29 is 14.3 Å². The van der Waals surface area contributed by atoms with Gasteiger partial charge in [0.15, 0.2) is 11.5 Å². The molecule has 0 aliphatic rings. The molecule has 0 aromatic heterocycles. The third kappa shape index (κ3) is 3.84. The first-order valence-electron chi connectivity index (χ1n) is 6.49. The van der Waals surface area contributed by atoms with Gasteiger partial charge in [0.25, 0.3) is 5.91 Å². The lowest BCUT2D eigenvalue weighted by atomic mass is 10.1. The second-order valence-electron chi connectivity index (χ2n) is 4.49. The SMILES string of the molecule is COc1cccc(CNC(=O)c2cc(Cl)cc(Cl)c2)c1OC. The minimum absolute atomic E-state index is 0.269. The number of benzene rings is 2. The molecule has 1 amide bonds. The molecule has 0 spiro atoms. The Morgan fingerprint density at radius 2 is 1.77 bits per heavy atom. The predicted molar refractivity (Wildman–Crippen MR) is 87.2 cm³/mol. The summed E-state index contributed by atoms with van der Waals surface area (Å²) in [6.07, 6.45) is 0. The first-order chi connectivity index (χ1) is 10.5. The van der Waals surface area contributed by atoms with Crippen molar-refractivity contribution in [1.29, 1.82) is 0 Å². The number of hydrogen-bond donors (Lipinski definition) is 1. The molecule has 2 rings (SSSR count). The van der Waals surface area contributed by atoms with E-state index in [2.05, 4.69) is 5.32 Å². The molecule has 0 unspecified atom stereocenters. The van der Waals surface area contributed by atoms with Crippen LogP contribution in [0.4, 0.5) is 0 Å². The fourth-order valence-corrected chi connectivity index (χ4v) is 2.58. The minimum atomic E-state index is -0.269. The predicted octanol–water partition coefficient (Wildman–Crippen LogP) is 3.94. The van der Waals surface area contributed by atoms with Crippen LogP contribution in [0.1, 0.15) is 15.9 Å². The van der Waals surface area contributed by atoms with Gasteiger partial charge in [0.2, 0.25) is 0 Å². The second-order valence-corrected chi connectivity index (χ2v) is 5.37. The zero-order valence-corrected chi connectivity index (χ0v) is 13.7. The first-order valence-corrected chi connectivity index (χ1v) is 7.25. The minimum Gasteiger partial charge on any atom is -0.493 e. The third-order valence-corrected chi connectivity index (χ3v) is 3.49. The summed E-state index contributed by atoms with van der Waals surface area (Å²) in [6.45, 7) is 0.295. The molecular weight excluding hydrogens is 325 g/mol. The van der Waals surface area contributed by atoms with Crippen molar-refractivity contribution in [1.82, 2.24) is 5.32 Å². The Labute approximate surface area is 138 Å². The average Bonchev–Trinajstić information content (AvgIpc) is 2.50. The molecular formula is C16H15Cl2NO3. The molecule has 0 atom stereocenters. The van der Waals surface area contributed by atoms with E-state index in [9.17, 15) is 4.79 Å². The quantitative estimate of drug-likeness (QED) is 0.897. The van der Waals surface area contributed by atoms with Crippen LogP contribution in [0, 0.1) is 0 Å². The summed E-state index contributed by atoms with van der Waals surface area (Å²) in [5, 5.41) is 3.63. The lowest BCUT2D eigenvalue weighted by Crippen LogP contribution is -2.23. The topological polar surface area (TPSA) is 47.6 Å². The van der Waals surface area contributed by atoms with E-state index in [0.717, 1.165) is 5.56 Å². The van der Waals surface area contributed by atoms with Gasteiger partial charge in [0.1, 0.15) is 0 Å². The van der Waals surface area contributed by atoms with Gasteiger partial charge in [-0.2, -0.15) is 0 Å². The summed E-state index contributed by atoms with van der Waals surface area (Å²) in [5.41, 5.74) is 1.21. The Morgan fingerprint density at radius 3 is 2.36 bits per heavy atom. The van der Waals surface area contributed by atoms with Crippen LogP contribution >= 0.6 is 23.2 Å². The van der Waals surface area contributed by atoms with E-state index in [4.69, 9.17) is 32.7 Å². The number of hydrogen-bond acceptors (Lipinski definition) is 3. The number of ether oxygens (including phenoxy) is 2. The molecule has 0 heterocycles. The van der Waals surface area contributed by atoms with Gasteiger partial charge in [-0.25, -0.2) is 0 Å². The lowest BCUT2D eigenvalue weighted by Gasteiger charge is -2.13. The van der Waals surface area contributed by atoms with Crippen molar-refractivity contribution in [2.75, 3.05) is 14.2 Å². The van der Waals surface area contributed by atoms with E-state index in [1.807, 2.05) is 12.1 Å². The monoisotopic (exact) mass is 339 g/mol. The molecule has 22 heavy (non-hydrogen) atoms. The zero-order valence-electron chi connectivity index (χ0n) is 12.2. The van der Waals surface area contributed by atoms with Crippen molar-refractivity contribution >= 4 is 29.1 Å². The van der Waals surface area contributed by atoms with Crippen LogP contribution in [0.3, 0.4) is 0 Å². The van der Waals surface area contributed by atoms with Crippen LogP contribution in [0.15, 0.2) is 36.4 Å². The van der Waals surface area contributed by atoms with Crippen LogP contribution < -0.4 is 14.8 Å². The van der Waals surface area contributed by atoms with Crippen molar-refractivity contribution in [3.8, 4) is 11.5 Å². The number of nitrogens with one attached hydrogen (secondary N) is 1. The number of carbonyl (C=O) groups is 1. The molecule has 6 heteroatoms. The molecule has 0 fully saturated rings. The molecule has 1 N–H and O–H groups in total. The molecule has 2 aromatic rings. The van der Waals surface area contributed by atoms with Crippen LogP contribution in [-0.4, -0.2) is 20.1 Å². The second kappa shape index (κ2) is 7.38. The maximum Gasteiger partial charge on any atom is 0.251 e. The molecule has 116 valence electrons. The first kappa shape index (κ1) is 16.5. The highest BCUT2D eigenvalue weighted by molar-refractivity contribution is 6.35. The van der Waals surface area contributed by atoms with E-state index < -0.39 is 0 Å². The Hall–Kier alpha value is -1.91. The van der Waals surface area contributed by atoms with E-state index in [0.29, 0.717) is 33.7 Å². The van der Waals surface area contributed by atoms with Crippen molar-refractivity contribution in [3.05, 3.63) is 57.6 Å². The Balaban J connectivity index is 2.14. The van der Waals surface area contributed by atoms with Gasteiger partial charge in [0, 0.05) is 27.7 Å². The molecule has 4 nitrogen and oxygen atoms in total. The highest BCUT2D eigenvalue weighted by Gasteiger charge is 2.12. The van der Waals surface area contributed by atoms with Crippen LogP contribution in [-0.2, 0) is 6.54 Å². The normalized spacial score (nSPS) is 10.2. The van der Waals surface area contributed by atoms with Gasteiger partial charge in [-0.1, -0.05) is 35.3 Å². The van der Waals surface area contributed by atoms with E-state index in [1.54, 1.807) is 38.5 Å². The number of methoxy groups -OCH3 is 2. The van der Waals surface area contributed by atoms with Crippen molar-refractivity contribution in [2.24, 2.45) is 0 Å².